The molecule has 1 N–H and O–H groups in total. The van der Waals surface area contributed by atoms with E-state index in [1.807, 2.05) is 13.8 Å². The lowest BCUT2D eigenvalue weighted by Gasteiger charge is -2.24. The van der Waals surface area contributed by atoms with Crippen molar-refractivity contribution in [3.8, 4) is 28.3 Å². The summed E-state index contributed by atoms with van der Waals surface area (Å²) in [5.41, 5.74) is 0.654. The van der Waals surface area contributed by atoms with Crippen molar-refractivity contribution < 1.29 is 44.7 Å². The van der Waals surface area contributed by atoms with Crippen molar-refractivity contribution in [3.63, 3.8) is 0 Å². The van der Waals surface area contributed by atoms with E-state index in [-0.39, 0.29) is 46.5 Å². The zero-order valence-corrected chi connectivity index (χ0v) is 18.9. The first kappa shape index (κ1) is 25.7. The molecule has 1 aromatic rings. The van der Waals surface area contributed by atoms with Crippen LogP contribution in [0.5, 0.6) is 5.75 Å². The molecule has 0 atom stereocenters. The fourth-order valence-corrected chi connectivity index (χ4v) is 4.91. The third-order valence-corrected chi connectivity index (χ3v) is 6.97. The Kier molecular flexibility index (Phi) is 6.55. The van der Waals surface area contributed by atoms with Crippen LogP contribution in [0.2, 0.25) is 0 Å². The number of hydrogen-bond donors (Lipinski definition) is 1. The van der Waals surface area contributed by atoms with E-state index in [4.69, 9.17) is 4.74 Å². The second-order valence-corrected chi connectivity index (χ2v) is 10.1. The highest BCUT2D eigenvalue weighted by Crippen LogP contribution is 2.44. The highest BCUT2D eigenvalue weighted by atomic mass is 32.2. The molecule has 186 valence electrons. The number of ether oxygens (including phenoxy) is 1. The summed E-state index contributed by atoms with van der Waals surface area (Å²) in [5, 5.41) is 5.58. The van der Waals surface area contributed by atoms with E-state index in [1.54, 1.807) is 0 Å². The van der Waals surface area contributed by atoms with Crippen LogP contribution in [-0.2, 0) is 9.84 Å². The minimum atomic E-state index is -6.08. The molecule has 13 heteroatoms. The van der Waals surface area contributed by atoms with Crippen molar-refractivity contribution in [1.82, 2.24) is 9.71 Å². The lowest BCUT2D eigenvalue weighted by atomic mass is 9.98. The molecule has 2 aliphatic heterocycles. The van der Waals surface area contributed by atoms with Crippen LogP contribution in [0.25, 0.3) is 22.5 Å². The molecule has 0 saturated carbocycles. The summed E-state index contributed by atoms with van der Waals surface area (Å²) in [4.78, 5) is 2.81. The zero-order chi connectivity index (χ0) is 25.6. The van der Waals surface area contributed by atoms with Gasteiger partial charge in [-0.3, -0.25) is 0 Å². The Morgan fingerprint density at radius 3 is 2.18 bits per heavy atom. The minimum absolute atomic E-state index is 0.00817. The third kappa shape index (κ3) is 4.79. The van der Waals surface area contributed by atoms with Crippen molar-refractivity contribution in [2.24, 2.45) is 5.92 Å². The molecule has 0 saturated heterocycles. The van der Waals surface area contributed by atoms with Gasteiger partial charge < -0.3 is 9.94 Å². The van der Waals surface area contributed by atoms with E-state index < -0.39 is 32.3 Å². The summed E-state index contributed by atoms with van der Waals surface area (Å²) in [6, 6.07) is 5.24. The SMILES string of the molecule is Cc1cc(-c2cc(S(=O)(=O)C(C(F)(F)F)C(F)(F)F)ccc2OCC(C)C)c2ccnc-2n1O. The van der Waals surface area contributed by atoms with Crippen LogP contribution in [-0.4, -0.2) is 47.5 Å². The normalized spacial score (nSPS) is 13.3. The number of benzene rings is 1. The topological polar surface area (TPSA) is 81.4 Å². The lowest BCUT2D eigenvalue weighted by molar-refractivity contribution is -0.226. The van der Waals surface area contributed by atoms with Crippen LogP contribution >= 0.6 is 0 Å². The van der Waals surface area contributed by atoms with Gasteiger partial charge in [-0.15, -0.1) is 0 Å². The molecule has 0 aliphatic carbocycles. The fraction of sp³-hybridized carbons (Fsp3) is 0.381. The van der Waals surface area contributed by atoms with Gasteiger partial charge in [-0.25, -0.2) is 13.4 Å². The van der Waals surface area contributed by atoms with Crippen molar-refractivity contribution in [2.45, 2.75) is 43.3 Å². The minimum Gasteiger partial charge on any atom is -0.493 e. The number of rotatable bonds is 6. The summed E-state index contributed by atoms with van der Waals surface area (Å²) >= 11 is 0. The largest absolute Gasteiger partial charge is 0.493 e. The van der Waals surface area contributed by atoms with E-state index in [0.717, 1.165) is 16.9 Å². The van der Waals surface area contributed by atoms with Gasteiger partial charge >= 0.3 is 12.4 Å². The van der Waals surface area contributed by atoms with E-state index in [2.05, 4.69) is 4.98 Å². The number of alkyl halides is 6. The van der Waals surface area contributed by atoms with Crippen LogP contribution in [0.3, 0.4) is 0 Å². The first-order valence-corrected chi connectivity index (χ1v) is 11.4. The number of sulfone groups is 1. The maximum absolute atomic E-state index is 13.2. The average Bonchev–Trinajstić information content (AvgIpc) is 3.16. The molecular formula is C21H20F6N2O4S. The predicted molar refractivity (Wildman–Crippen MR) is 110 cm³/mol. The van der Waals surface area contributed by atoms with E-state index in [9.17, 15) is 40.0 Å². The molecule has 0 unspecified atom stereocenters. The zero-order valence-electron chi connectivity index (χ0n) is 18.1. The van der Waals surface area contributed by atoms with Crippen LogP contribution in [0.4, 0.5) is 26.3 Å². The summed E-state index contributed by atoms with van der Waals surface area (Å²) in [6.07, 6.45) is -10.8. The van der Waals surface area contributed by atoms with Crippen LogP contribution in [0.1, 0.15) is 19.5 Å². The predicted octanol–water partition coefficient (Wildman–Crippen LogP) is 5.50. The van der Waals surface area contributed by atoms with Crippen molar-refractivity contribution in [3.05, 3.63) is 42.2 Å². The highest BCUT2D eigenvalue weighted by Gasteiger charge is 2.64. The molecule has 2 heterocycles. The molecule has 1 aromatic carbocycles. The maximum Gasteiger partial charge on any atom is 0.414 e. The Bertz CT molecular complexity index is 1250. The van der Waals surface area contributed by atoms with Gasteiger partial charge in [0, 0.05) is 17.3 Å². The molecule has 3 rings (SSSR count). The van der Waals surface area contributed by atoms with Gasteiger partial charge in [-0.1, -0.05) is 13.8 Å². The van der Waals surface area contributed by atoms with Gasteiger partial charge in [0.05, 0.1) is 17.2 Å². The Balaban J connectivity index is 2.28. The Hall–Kier alpha value is -2.96. The number of hydrogen-bond acceptors (Lipinski definition) is 5. The number of aryl methyl sites for hydroxylation is 1. The van der Waals surface area contributed by atoms with E-state index >= 15 is 0 Å². The van der Waals surface area contributed by atoms with E-state index in [0.29, 0.717) is 6.07 Å². The molecule has 0 radical (unpaired) electrons. The molecule has 34 heavy (non-hydrogen) atoms. The first-order chi connectivity index (χ1) is 15.5. The number of nitrogens with zero attached hydrogens (tertiary/aromatic N) is 2. The second kappa shape index (κ2) is 8.67. The molecule has 0 fully saturated rings. The molecular weight excluding hydrogens is 490 g/mol. The summed E-state index contributed by atoms with van der Waals surface area (Å²) in [6.45, 7) is 5.25. The van der Waals surface area contributed by atoms with Gasteiger partial charge in [0.1, 0.15) is 5.75 Å². The number of aromatic nitrogens is 2. The molecule has 0 amide bonds. The molecule has 0 bridgehead atoms. The van der Waals surface area contributed by atoms with Gasteiger partial charge in [0.15, 0.2) is 15.7 Å². The standard InChI is InChI=1S/C21H20F6N2O4S/c1-11(2)10-33-17-5-4-13(34(31,32)19(20(22,23)24)21(25,26)27)9-16(17)15-8-12(3)29(30)18-14(15)6-7-28-18/h4-9,11,19,30H,10H2,1-3H3. The number of pyridine rings is 1. The van der Waals surface area contributed by atoms with Gasteiger partial charge in [0.2, 0.25) is 0 Å². The van der Waals surface area contributed by atoms with Gasteiger partial charge in [0.25, 0.3) is 5.25 Å². The van der Waals surface area contributed by atoms with E-state index in [1.165, 1.54) is 25.3 Å². The first-order valence-electron chi connectivity index (χ1n) is 9.86. The Morgan fingerprint density at radius 1 is 1.00 bits per heavy atom. The van der Waals surface area contributed by atoms with Crippen LogP contribution < -0.4 is 4.74 Å². The second-order valence-electron chi connectivity index (χ2n) is 8.06. The van der Waals surface area contributed by atoms with Crippen molar-refractivity contribution >= 4 is 9.84 Å². The summed E-state index contributed by atoms with van der Waals surface area (Å²) in [7, 11) is -5.93. The van der Waals surface area contributed by atoms with Crippen molar-refractivity contribution in [2.75, 3.05) is 6.61 Å². The summed E-state index contributed by atoms with van der Waals surface area (Å²) in [5.74, 6) is 0.108. The Morgan fingerprint density at radius 2 is 1.62 bits per heavy atom. The fourth-order valence-electron chi connectivity index (χ4n) is 3.40. The highest BCUT2D eigenvalue weighted by molar-refractivity contribution is 7.92. The molecule has 2 aliphatic rings. The number of fused-ring (bicyclic) bond motifs is 1. The maximum atomic E-state index is 13.2. The van der Waals surface area contributed by atoms with Gasteiger partial charge in [-0.2, -0.15) is 31.1 Å². The van der Waals surface area contributed by atoms with Crippen molar-refractivity contribution in [1.29, 1.82) is 0 Å². The van der Waals surface area contributed by atoms with Crippen LogP contribution in [0, 0.1) is 12.8 Å². The third-order valence-electron chi connectivity index (χ3n) is 4.90. The quantitative estimate of drug-likeness (QED) is 0.350. The molecule has 6 nitrogen and oxygen atoms in total. The molecule has 0 spiro atoms. The van der Waals surface area contributed by atoms with Crippen LogP contribution in [0.15, 0.2) is 41.4 Å². The van der Waals surface area contributed by atoms with Gasteiger partial charge in [-0.05, 0) is 48.7 Å². The number of halogens is 6. The smallest absolute Gasteiger partial charge is 0.414 e. The average molecular weight is 510 g/mol. The lowest BCUT2D eigenvalue weighted by Crippen LogP contribution is -2.48. The molecule has 0 aromatic heterocycles. The Labute approximate surface area is 191 Å². The summed E-state index contributed by atoms with van der Waals surface area (Å²) < 4.78 is 111. The monoisotopic (exact) mass is 510 g/mol.